The Morgan fingerprint density at radius 1 is 0.903 bits per heavy atom. The van der Waals surface area contributed by atoms with Gasteiger partial charge >= 0.3 is 0 Å². The Bertz CT molecular complexity index is 995. The number of para-hydroxylation sites is 1. The van der Waals surface area contributed by atoms with Crippen LogP contribution in [0.15, 0.2) is 77.4 Å². The zero-order valence-corrected chi connectivity index (χ0v) is 17.4. The van der Waals surface area contributed by atoms with E-state index in [1.807, 2.05) is 61.5 Å². The van der Waals surface area contributed by atoms with E-state index in [1.54, 1.807) is 17.0 Å². The summed E-state index contributed by atoms with van der Waals surface area (Å²) in [5, 5.41) is 2.95. The van der Waals surface area contributed by atoms with E-state index < -0.39 is 0 Å². The van der Waals surface area contributed by atoms with Crippen LogP contribution >= 0.6 is 0 Å². The molecule has 1 saturated heterocycles. The molecule has 0 spiro atoms. The molecule has 7 heteroatoms. The van der Waals surface area contributed by atoms with Crippen molar-refractivity contribution in [3.8, 4) is 11.5 Å². The third-order valence-electron chi connectivity index (χ3n) is 5.36. The van der Waals surface area contributed by atoms with Gasteiger partial charge in [-0.3, -0.25) is 14.5 Å². The quantitative estimate of drug-likeness (QED) is 0.657. The Kier molecular flexibility index (Phi) is 6.33. The van der Waals surface area contributed by atoms with Gasteiger partial charge in [-0.25, -0.2) is 0 Å². The summed E-state index contributed by atoms with van der Waals surface area (Å²) in [6, 6.07) is 19.9. The minimum absolute atomic E-state index is 0.0810. The first kappa shape index (κ1) is 20.7. The number of piperazine rings is 1. The van der Waals surface area contributed by atoms with Crippen molar-refractivity contribution in [1.82, 2.24) is 9.80 Å². The van der Waals surface area contributed by atoms with Crippen molar-refractivity contribution in [1.29, 1.82) is 0 Å². The summed E-state index contributed by atoms with van der Waals surface area (Å²) in [6.45, 7) is 4.26. The summed E-state index contributed by atoms with van der Waals surface area (Å²) in [4.78, 5) is 28.9. The molecule has 1 unspecified atom stereocenters. The topological polar surface area (TPSA) is 75.0 Å². The van der Waals surface area contributed by atoms with Gasteiger partial charge in [0, 0.05) is 31.9 Å². The van der Waals surface area contributed by atoms with Crippen LogP contribution in [0.2, 0.25) is 0 Å². The second-order valence-corrected chi connectivity index (χ2v) is 7.41. The number of benzene rings is 2. The number of hydrogen-bond donors (Lipinski definition) is 1. The standard InChI is InChI=1S/C24H25N3O4/c1-18(26-13-15-27(16-14-26)24(29)22-8-5-17-30-22)23(28)25-19-9-11-21(12-10-19)31-20-6-3-2-4-7-20/h2-12,17-18H,13-16H2,1H3,(H,25,28). The molecular formula is C24H25N3O4. The normalized spacial score (nSPS) is 15.3. The van der Waals surface area contributed by atoms with Gasteiger partial charge in [0.25, 0.3) is 5.91 Å². The smallest absolute Gasteiger partial charge is 0.289 e. The molecule has 160 valence electrons. The monoisotopic (exact) mass is 419 g/mol. The molecule has 1 aromatic heterocycles. The number of carbonyl (C=O) groups is 2. The molecule has 0 bridgehead atoms. The lowest BCUT2D eigenvalue weighted by Gasteiger charge is -2.37. The van der Waals surface area contributed by atoms with Crippen LogP contribution in [0.25, 0.3) is 0 Å². The van der Waals surface area contributed by atoms with Gasteiger partial charge < -0.3 is 19.4 Å². The SMILES string of the molecule is CC(C(=O)Nc1ccc(Oc2ccccc2)cc1)N1CCN(C(=O)c2ccco2)CC1. The fourth-order valence-corrected chi connectivity index (χ4v) is 3.51. The van der Waals surface area contributed by atoms with Crippen LogP contribution in [0.4, 0.5) is 5.69 Å². The minimum atomic E-state index is -0.305. The third kappa shape index (κ3) is 5.13. The van der Waals surface area contributed by atoms with Gasteiger partial charge in [0.05, 0.1) is 12.3 Å². The second-order valence-electron chi connectivity index (χ2n) is 7.41. The minimum Gasteiger partial charge on any atom is -0.459 e. The highest BCUT2D eigenvalue weighted by Gasteiger charge is 2.28. The van der Waals surface area contributed by atoms with E-state index in [1.165, 1.54) is 6.26 Å². The zero-order valence-electron chi connectivity index (χ0n) is 17.4. The second kappa shape index (κ2) is 9.49. The first-order valence-corrected chi connectivity index (χ1v) is 10.3. The number of nitrogens with zero attached hydrogens (tertiary/aromatic N) is 2. The van der Waals surface area contributed by atoms with E-state index in [9.17, 15) is 9.59 Å². The number of carbonyl (C=O) groups excluding carboxylic acids is 2. The molecule has 1 N–H and O–H groups in total. The molecule has 0 saturated carbocycles. The number of anilines is 1. The Morgan fingerprint density at radius 2 is 1.58 bits per heavy atom. The predicted molar refractivity (Wildman–Crippen MR) is 117 cm³/mol. The number of amides is 2. The van der Waals surface area contributed by atoms with Crippen LogP contribution in [0.1, 0.15) is 17.5 Å². The van der Waals surface area contributed by atoms with Gasteiger partial charge in [-0.1, -0.05) is 18.2 Å². The molecule has 1 fully saturated rings. The molecule has 7 nitrogen and oxygen atoms in total. The van der Waals surface area contributed by atoms with Gasteiger partial charge in [0.15, 0.2) is 5.76 Å². The molecule has 1 aliphatic heterocycles. The summed E-state index contributed by atoms with van der Waals surface area (Å²) in [7, 11) is 0. The maximum atomic E-state index is 12.7. The molecule has 2 heterocycles. The molecule has 3 aromatic rings. The van der Waals surface area contributed by atoms with Gasteiger partial charge in [0.2, 0.25) is 5.91 Å². The number of furan rings is 1. The lowest BCUT2D eigenvalue weighted by molar-refractivity contribution is -0.121. The van der Waals surface area contributed by atoms with Crippen LogP contribution in [0.5, 0.6) is 11.5 Å². The van der Waals surface area contributed by atoms with Crippen LogP contribution < -0.4 is 10.1 Å². The van der Waals surface area contributed by atoms with Crippen molar-refractivity contribution in [3.05, 3.63) is 78.8 Å². The summed E-state index contributed by atoms with van der Waals surface area (Å²) in [5.74, 6) is 1.62. The first-order valence-electron chi connectivity index (χ1n) is 10.3. The number of hydrogen-bond acceptors (Lipinski definition) is 5. The summed E-state index contributed by atoms with van der Waals surface area (Å²) in [6.07, 6.45) is 1.50. The maximum Gasteiger partial charge on any atom is 0.289 e. The van der Waals surface area contributed by atoms with Crippen molar-refractivity contribution < 1.29 is 18.7 Å². The maximum absolute atomic E-state index is 12.7. The highest BCUT2D eigenvalue weighted by atomic mass is 16.5. The van der Waals surface area contributed by atoms with Gasteiger partial charge in [-0.05, 0) is 55.5 Å². The van der Waals surface area contributed by atoms with Crippen molar-refractivity contribution in [2.45, 2.75) is 13.0 Å². The molecule has 2 amide bonds. The van der Waals surface area contributed by atoms with Gasteiger partial charge in [-0.15, -0.1) is 0 Å². The van der Waals surface area contributed by atoms with Gasteiger partial charge in [-0.2, -0.15) is 0 Å². The Labute approximate surface area is 181 Å². The first-order chi connectivity index (χ1) is 15.1. The Balaban J connectivity index is 1.27. The highest BCUT2D eigenvalue weighted by molar-refractivity contribution is 5.94. The van der Waals surface area contributed by atoms with Crippen molar-refractivity contribution in [2.75, 3.05) is 31.5 Å². The lowest BCUT2D eigenvalue weighted by Crippen LogP contribution is -2.54. The van der Waals surface area contributed by atoms with Crippen LogP contribution in [-0.2, 0) is 4.79 Å². The molecule has 1 aliphatic rings. The Morgan fingerprint density at radius 3 is 2.23 bits per heavy atom. The fraction of sp³-hybridized carbons (Fsp3) is 0.250. The van der Waals surface area contributed by atoms with E-state index in [-0.39, 0.29) is 17.9 Å². The predicted octanol–water partition coefficient (Wildman–Crippen LogP) is 3.86. The Hall–Kier alpha value is -3.58. The molecule has 4 rings (SSSR count). The van der Waals surface area contributed by atoms with Crippen molar-refractivity contribution in [2.24, 2.45) is 0 Å². The van der Waals surface area contributed by atoms with Crippen LogP contribution in [0, 0.1) is 0 Å². The van der Waals surface area contributed by atoms with E-state index in [0.29, 0.717) is 43.4 Å². The summed E-state index contributed by atoms with van der Waals surface area (Å²) >= 11 is 0. The summed E-state index contributed by atoms with van der Waals surface area (Å²) in [5.41, 5.74) is 0.712. The molecule has 0 radical (unpaired) electrons. The van der Waals surface area contributed by atoms with E-state index in [0.717, 1.165) is 5.75 Å². The highest BCUT2D eigenvalue weighted by Crippen LogP contribution is 2.23. The van der Waals surface area contributed by atoms with E-state index >= 15 is 0 Å². The number of ether oxygens (including phenoxy) is 1. The van der Waals surface area contributed by atoms with Crippen molar-refractivity contribution >= 4 is 17.5 Å². The zero-order chi connectivity index (χ0) is 21.6. The molecule has 31 heavy (non-hydrogen) atoms. The van der Waals surface area contributed by atoms with E-state index in [2.05, 4.69) is 10.2 Å². The molecular weight excluding hydrogens is 394 g/mol. The molecule has 1 atom stereocenters. The van der Waals surface area contributed by atoms with Crippen LogP contribution in [-0.4, -0.2) is 53.8 Å². The van der Waals surface area contributed by atoms with Gasteiger partial charge in [0.1, 0.15) is 11.5 Å². The average Bonchev–Trinajstić information content (AvgIpc) is 3.35. The number of rotatable bonds is 6. The van der Waals surface area contributed by atoms with Crippen molar-refractivity contribution in [3.63, 3.8) is 0 Å². The largest absolute Gasteiger partial charge is 0.459 e. The van der Waals surface area contributed by atoms with E-state index in [4.69, 9.17) is 9.15 Å². The summed E-state index contributed by atoms with van der Waals surface area (Å²) < 4.78 is 11.0. The molecule has 0 aliphatic carbocycles. The third-order valence-corrected chi connectivity index (χ3v) is 5.36. The fourth-order valence-electron chi connectivity index (χ4n) is 3.51. The average molecular weight is 419 g/mol. The molecule has 2 aromatic carbocycles. The number of nitrogens with one attached hydrogen (secondary N) is 1. The van der Waals surface area contributed by atoms with Crippen LogP contribution in [0.3, 0.4) is 0 Å². The lowest BCUT2D eigenvalue weighted by atomic mass is 10.2.